The summed E-state index contributed by atoms with van der Waals surface area (Å²) in [6, 6.07) is 6.10. The van der Waals surface area contributed by atoms with Gasteiger partial charge in [0, 0.05) is 25.2 Å². The molecular formula is C15H21NO3. The Morgan fingerprint density at radius 3 is 3.05 bits per heavy atom. The van der Waals surface area contributed by atoms with E-state index in [2.05, 4.69) is 17.0 Å². The van der Waals surface area contributed by atoms with Crippen LogP contribution in [0.1, 0.15) is 30.9 Å². The fraction of sp³-hybridized carbons (Fsp3) is 0.533. The second-order valence-corrected chi connectivity index (χ2v) is 4.77. The van der Waals surface area contributed by atoms with Crippen LogP contribution < -0.4 is 4.90 Å². The topological polar surface area (TPSA) is 49.8 Å². The second kappa shape index (κ2) is 6.57. The predicted octanol–water partition coefficient (Wildman–Crippen LogP) is 1.88. The van der Waals surface area contributed by atoms with Crippen molar-refractivity contribution in [2.75, 3.05) is 24.6 Å². The van der Waals surface area contributed by atoms with Gasteiger partial charge in [-0.05, 0) is 37.0 Å². The van der Waals surface area contributed by atoms with Gasteiger partial charge in [0.1, 0.15) is 0 Å². The molecule has 19 heavy (non-hydrogen) atoms. The number of benzene rings is 1. The highest BCUT2D eigenvalue weighted by atomic mass is 16.5. The van der Waals surface area contributed by atoms with Gasteiger partial charge in [-0.1, -0.05) is 12.1 Å². The zero-order valence-electron chi connectivity index (χ0n) is 11.4. The zero-order chi connectivity index (χ0) is 13.7. The molecule has 0 aliphatic carbocycles. The minimum absolute atomic E-state index is 0.0934. The van der Waals surface area contributed by atoms with Crippen LogP contribution >= 0.6 is 0 Å². The molecule has 4 heteroatoms. The highest BCUT2D eigenvalue weighted by Crippen LogP contribution is 2.29. The second-order valence-electron chi connectivity index (χ2n) is 4.77. The molecule has 0 fully saturated rings. The van der Waals surface area contributed by atoms with Crippen LogP contribution in [0.15, 0.2) is 18.2 Å². The summed E-state index contributed by atoms with van der Waals surface area (Å²) in [5.74, 6) is -0.113. The number of hydrogen-bond donors (Lipinski definition) is 1. The number of ether oxygens (including phenoxy) is 1. The molecule has 0 saturated heterocycles. The fourth-order valence-electron chi connectivity index (χ4n) is 2.50. The van der Waals surface area contributed by atoms with Crippen LogP contribution in [0.4, 0.5) is 5.69 Å². The summed E-state index contributed by atoms with van der Waals surface area (Å²) in [6.45, 7) is 4.25. The van der Waals surface area contributed by atoms with Crippen LogP contribution in [0.25, 0.3) is 0 Å². The van der Waals surface area contributed by atoms with Crippen LogP contribution in [-0.2, 0) is 22.6 Å². The third kappa shape index (κ3) is 3.47. The van der Waals surface area contributed by atoms with Crippen LogP contribution in [0.2, 0.25) is 0 Å². The molecule has 0 bridgehead atoms. The maximum Gasteiger partial charge on any atom is 0.305 e. The van der Waals surface area contributed by atoms with Gasteiger partial charge in [-0.15, -0.1) is 0 Å². The molecule has 1 N–H and O–H groups in total. The molecule has 1 heterocycles. The molecule has 1 aliphatic heterocycles. The van der Waals surface area contributed by atoms with Crippen LogP contribution in [0.5, 0.6) is 0 Å². The highest BCUT2D eigenvalue weighted by molar-refractivity contribution is 5.69. The number of anilines is 1. The van der Waals surface area contributed by atoms with Gasteiger partial charge >= 0.3 is 5.97 Å². The quantitative estimate of drug-likeness (QED) is 0.796. The van der Waals surface area contributed by atoms with Crippen LogP contribution in [0, 0.1) is 0 Å². The molecule has 0 atom stereocenters. The molecular weight excluding hydrogens is 242 g/mol. The van der Waals surface area contributed by atoms with E-state index in [1.54, 1.807) is 0 Å². The third-order valence-electron chi connectivity index (χ3n) is 3.43. The van der Waals surface area contributed by atoms with Crippen molar-refractivity contribution in [1.82, 2.24) is 0 Å². The molecule has 0 unspecified atom stereocenters. The van der Waals surface area contributed by atoms with Gasteiger partial charge < -0.3 is 14.7 Å². The summed E-state index contributed by atoms with van der Waals surface area (Å²) >= 11 is 0. The normalized spacial score (nSPS) is 13.5. The standard InChI is InChI=1S/C15H21NO3/c1-2-19-15(18)4-3-8-16-9-7-13-10-12(11-17)5-6-14(13)16/h5-6,10,17H,2-4,7-9,11H2,1H3. The number of hydrogen-bond acceptors (Lipinski definition) is 4. The lowest BCUT2D eigenvalue weighted by atomic mass is 10.1. The number of nitrogens with zero attached hydrogens (tertiary/aromatic N) is 1. The van der Waals surface area contributed by atoms with E-state index in [1.165, 1.54) is 11.3 Å². The molecule has 1 aromatic rings. The summed E-state index contributed by atoms with van der Waals surface area (Å²) in [4.78, 5) is 13.6. The SMILES string of the molecule is CCOC(=O)CCCN1CCc2cc(CO)ccc21. The molecule has 1 aromatic carbocycles. The molecule has 0 amide bonds. The highest BCUT2D eigenvalue weighted by Gasteiger charge is 2.18. The van der Waals surface area contributed by atoms with E-state index in [1.807, 2.05) is 13.0 Å². The number of carbonyl (C=O) groups excluding carboxylic acids is 1. The predicted molar refractivity (Wildman–Crippen MR) is 74.1 cm³/mol. The lowest BCUT2D eigenvalue weighted by Gasteiger charge is -2.19. The monoisotopic (exact) mass is 263 g/mol. The minimum Gasteiger partial charge on any atom is -0.466 e. The average molecular weight is 263 g/mol. The smallest absolute Gasteiger partial charge is 0.305 e. The maximum atomic E-state index is 11.3. The summed E-state index contributed by atoms with van der Waals surface area (Å²) in [6.07, 6.45) is 2.32. The molecule has 104 valence electrons. The lowest BCUT2D eigenvalue weighted by molar-refractivity contribution is -0.143. The van der Waals surface area contributed by atoms with Gasteiger partial charge in [0.05, 0.1) is 13.2 Å². The molecule has 2 rings (SSSR count). The van der Waals surface area contributed by atoms with Crippen molar-refractivity contribution in [3.05, 3.63) is 29.3 Å². The molecule has 0 saturated carbocycles. The van der Waals surface area contributed by atoms with Crippen molar-refractivity contribution in [3.8, 4) is 0 Å². The van der Waals surface area contributed by atoms with E-state index in [0.29, 0.717) is 13.0 Å². The summed E-state index contributed by atoms with van der Waals surface area (Å²) < 4.78 is 4.92. The van der Waals surface area contributed by atoms with Crippen molar-refractivity contribution in [1.29, 1.82) is 0 Å². The Hall–Kier alpha value is -1.55. The summed E-state index contributed by atoms with van der Waals surface area (Å²) in [7, 11) is 0. The van der Waals surface area contributed by atoms with Crippen molar-refractivity contribution < 1.29 is 14.6 Å². The largest absolute Gasteiger partial charge is 0.466 e. The zero-order valence-corrected chi connectivity index (χ0v) is 11.4. The number of esters is 1. The summed E-state index contributed by atoms with van der Waals surface area (Å²) in [5.41, 5.74) is 3.50. The first-order chi connectivity index (χ1) is 9.24. The van der Waals surface area contributed by atoms with E-state index in [-0.39, 0.29) is 12.6 Å². The number of rotatable bonds is 6. The van der Waals surface area contributed by atoms with Gasteiger partial charge in [0.2, 0.25) is 0 Å². The van der Waals surface area contributed by atoms with Crippen molar-refractivity contribution in [2.24, 2.45) is 0 Å². The third-order valence-corrected chi connectivity index (χ3v) is 3.43. The lowest BCUT2D eigenvalue weighted by Crippen LogP contribution is -2.22. The Kier molecular flexibility index (Phi) is 4.80. The fourth-order valence-corrected chi connectivity index (χ4v) is 2.50. The molecule has 0 aromatic heterocycles. The molecule has 0 spiro atoms. The minimum atomic E-state index is -0.113. The average Bonchev–Trinajstić information content (AvgIpc) is 2.81. The van der Waals surface area contributed by atoms with E-state index < -0.39 is 0 Å². The van der Waals surface area contributed by atoms with Crippen LogP contribution in [-0.4, -0.2) is 30.8 Å². The van der Waals surface area contributed by atoms with Crippen molar-refractivity contribution >= 4 is 11.7 Å². The first kappa shape index (κ1) is 13.9. The van der Waals surface area contributed by atoms with E-state index >= 15 is 0 Å². The van der Waals surface area contributed by atoms with Crippen molar-refractivity contribution in [2.45, 2.75) is 32.8 Å². The Balaban J connectivity index is 1.87. The number of carbonyl (C=O) groups is 1. The Morgan fingerprint density at radius 1 is 1.47 bits per heavy atom. The molecule has 0 radical (unpaired) electrons. The van der Waals surface area contributed by atoms with Gasteiger partial charge in [0.25, 0.3) is 0 Å². The Bertz CT molecular complexity index is 445. The molecule has 4 nitrogen and oxygen atoms in total. The maximum absolute atomic E-state index is 11.3. The molecule has 1 aliphatic rings. The van der Waals surface area contributed by atoms with Gasteiger partial charge in [-0.2, -0.15) is 0 Å². The van der Waals surface area contributed by atoms with Gasteiger partial charge in [-0.25, -0.2) is 0 Å². The van der Waals surface area contributed by atoms with Crippen LogP contribution in [0.3, 0.4) is 0 Å². The van der Waals surface area contributed by atoms with Gasteiger partial charge in [0.15, 0.2) is 0 Å². The summed E-state index contributed by atoms with van der Waals surface area (Å²) in [5, 5.41) is 9.12. The van der Waals surface area contributed by atoms with E-state index in [0.717, 1.165) is 31.5 Å². The number of aliphatic hydroxyl groups excluding tert-OH is 1. The number of fused-ring (bicyclic) bond motifs is 1. The Morgan fingerprint density at radius 2 is 2.32 bits per heavy atom. The van der Waals surface area contributed by atoms with Crippen molar-refractivity contribution in [3.63, 3.8) is 0 Å². The van der Waals surface area contributed by atoms with E-state index in [4.69, 9.17) is 9.84 Å². The van der Waals surface area contributed by atoms with Gasteiger partial charge in [-0.3, -0.25) is 4.79 Å². The number of aliphatic hydroxyl groups is 1. The Labute approximate surface area is 114 Å². The first-order valence-corrected chi connectivity index (χ1v) is 6.88. The first-order valence-electron chi connectivity index (χ1n) is 6.88. The van der Waals surface area contributed by atoms with E-state index in [9.17, 15) is 4.79 Å².